The molecule has 1 unspecified atom stereocenters. The van der Waals surface area contributed by atoms with Crippen LogP contribution in [0, 0.1) is 11.6 Å². The monoisotopic (exact) mass is 1040 g/mol. The Balaban J connectivity index is 0.000000285. The number of amidine groups is 1. The van der Waals surface area contributed by atoms with Crippen LogP contribution in [0.3, 0.4) is 0 Å². The van der Waals surface area contributed by atoms with Gasteiger partial charge in [0.2, 0.25) is 5.78 Å². The maximum absolute atomic E-state index is 13.4. The Hall–Kier alpha value is -4.55. The van der Waals surface area contributed by atoms with Gasteiger partial charge in [-0.05, 0) is 144 Å². The molecule has 0 amide bonds. The van der Waals surface area contributed by atoms with E-state index in [1.165, 1.54) is 67.4 Å². The van der Waals surface area contributed by atoms with Gasteiger partial charge >= 0.3 is 0 Å². The average molecular weight is 1050 g/mol. The summed E-state index contributed by atoms with van der Waals surface area (Å²) in [4.78, 5) is 36.9. The number of carbonyl (C=O) groups excluding carboxylic acids is 2. The van der Waals surface area contributed by atoms with Gasteiger partial charge < -0.3 is 41.4 Å². The number of likely N-dealkylation sites (N-methyl/N-ethyl adjacent to an activating group) is 2. The first-order chi connectivity index (χ1) is 30.8. The van der Waals surface area contributed by atoms with E-state index in [2.05, 4.69) is 60.4 Å². The second kappa shape index (κ2) is 28.6. The lowest BCUT2D eigenvalue weighted by atomic mass is 10.1. The van der Waals surface area contributed by atoms with Gasteiger partial charge in [0.25, 0.3) is 0 Å². The van der Waals surface area contributed by atoms with Gasteiger partial charge in [0.05, 0.1) is 5.33 Å². The Bertz CT molecular complexity index is 2350. The fraction of sp³-hybridized carbons (Fsp3) is 0.340. The zero-order valence-corrected chi connectivity index (χ0v) is 42.1. The molecule has 4 aromatic carbocycles. The first-order valence-corrected chi connectivity index (χ1v) is 24.0. The maximum atomic E-state index is 13.4. The number of hydrogen-bond acceptors (Lipinski definition) is 12. The van der Waals surface area contributed by atoms with Gasteiger partial charge in [0.1, 0.15) is 47.0 Å². The highest BCUT2D eigenvalue weighted by atomic mass is 79.9. The molecule has 2 fully saturated rings. The number of Topliss-reactive ketones (excluding diaryl/α,β-unsaturated/α-hetero) is 1. The van der Waals surface area contributed by atoms with E-state index in [9.17, 15) is 18.4 Å². The topological polar surface area (TPSA) is 160 Å². The maximum Gasteiger partial charge on any atom is 0.206 e. The van der Waals surface area contributed by atoms with E-state index >= 15 is 0 Å². The van der Waals surface area contributed by atoms with Crippen LogP contribution < -0.4 is 31.6 Å². The van der Waals surface area contributed by atoms with Crippen LogP contribution in [0.15, 0.2) is 102 Å². The molecule has 19 heteroatoms. The summed E-state index contributed by atoms with van der Waals surface area (Å²) in [6.45, 7) is 5.71. The minimum Gasteiger partial charge on any atom is -0.492 e. The molecule has 0 saturated carbocycles. The number of anilines is 4. The van der Waals surface area contributed by atoms with Crippen molar-refractivity contribution < 1.29 is 27.8 Å². The zero-order chi connectivity index (χ0) is 46.0. The first-order valence-electron chi connectivity index (χ1n) is 20.6. The number of ketones is 2. The summed E-state index contributed by atoms with van der Waals surface area (Å²) >= 11 is 10.8. The van der Waals surface area contributed by atoms with E-state index in [0.717, 1.165) is 66.1 Å². The molecule has 3 atom stereocenters. The van der Waals surface area contributed by atoms with Crippen LogP contribution in [0.5, 0.6) is 11.5 Å². The number of thioether (sulfide) groups is 1. The van der Waals surface area contributed by atoms with Gasteiger partial charge in [-0.2, -0.15) is 14.9 Å². The Morgan fingerprint density at radius 2 is 1.39 bits per heavy atom. The predicted molar refractivity (Wildman–Crippen MR) is 283 cm³/mol. The Morgan fingerprint density at radius 1 is 0.879 bits per heavy atom. The number of nitrogen functional groups attached to an aromatic ring is 1. The summed E-state index contributed by atoms with van der Waals surface area (Å²) in [5, 5.41) is 7.77. The molecule has 0 aliphatic carbocycles. The van der Waals surface area contributed by atoms with Gasteiger partial charge in [-0.15, -0.1) is 0 Å². The number of hydrogen-bond donors (Lipinski definition) is 4. The predicted octanol–water partition coefficient (Wildman–Crippen LogP) is 10.3. The third-order valence-corrected chi connectivity index (χ3v) is 12.5. The lowest BCUT2D eigenvalue weighted by Gasteiger charge is -2.19. The standard InChI is InChI=1S/C22H23FN4O2S.C16H24N4OS2.C8H6BrFO.CH4.H3P/c1-27-11-3-6-17(27)13-29-18-9-7-16(8-10-18)25-22-26-21(24)20(30-22)19(28)14-4-2-5-15(23)12-14;1-3-23-15(17)19-16(22)18-12-6-8-14(9-7-12)21-11-13-5-4-10-20(13)2;9-5-8(11)6-2-1-3-7(10)4-6;;/h2,4-5,7-10,12,17H,3,6,11,13,24H2,1H3,(H,25,26);6-9,13H,3-5,10-11H2,1-2H3,(H3,17,18,19,22);1-4H,5H2;1H4;1H3/t17-;13-;;;/m00.../s1. The van der Waals surface area contributed by atoms with Crippen molar-refractivity contribution in [1.29, 1.82) is 0 Å². The van der Waals surface area contributed by atoms with E-state index in [1.807, 2.05) is 55.5 Å². The average Bonchev–Trinajstić information content (AvgIpc) is 4.01. The number of aromatic nitrogens is 1. The number of benzene rings is 4. The number of thiocarbonyl (C=S) groups is 1. The molecule has 2 aliphatic heterocycles. The largest absolute Gasteiger partial charge is 0.492 e. The molecule has 7 rings (SSSR count). The number of ether oxygens (including phenoxy) is 2. The summed E-state index contributed by atoms with van der Waals surface area (Å²) in [5.41, 5.74) is 14.0. The van der Waals surface area contributed by atoms with Crippen molar-refractivity contribution in [2.75, 3.05) is 67.8 Å². The Morgan fingerprint density at radius 3 is 1.88 bits per heavy atom. The number of nitrogens with two attached hydrogens (primary N) is 2. The number of likely N-dealkylation sites (tertiary alicyclic amines) is 2. The van der Waals surface area contributed by atoms with Crippen LogP contribution in [-0.4, -0.2) is 100 Å². The second-order valence-electron chi connectivity index (χ2n) is 14.8. The van der Waals surface area contributed by atoms with E-state index in [0.29, 0.717) is 39.7 Å². The highest BCUT2D eigenvalue weighted by molar-refractivity contribution is 9.09. The first kappa shape index (κ1) is 55.8. The third kappa shape index (κ3) is 17.9. The molecule has 3 heterocycles. The number of thiazole rings is 1. The summed E-state index contributed by atoms with van der Waals surface area (Å²) in [7, 11) is 4.28. The van der Waals surface area contributed by atoms with Crippen molar-refractivity contribution in [3.63, 3.8) is 0 Å². The lowest BCUT2D eigenvalue weighted by Crippen LogP contribution is -2.30. The minimum atomic E-state index is -0.468. The van der Waals surface area contributed by atoms with Gasteiger partial charge in [-0.25, -0.2) is 13.8 Å². The summed E-state index contributed by atoms with van der Waals surface area (Å²) < 4.78 is 37.7. The molecule has 2 saturated heterocycles. The van der Waals surface area contributed by atoms with Crippen LogP contribution in [0.1, 0.15) is 65.6 Å². The van der Waals surface area contributed by atoms with Gasteiger partial charge in [-0.1, -0.05) is 77.6 Å². The lowest BCUT2D eigenvalue weighted by molar-refractivity contribution is 0.102. The number of nitrogens with one attached hydrogen (secondary N) is 2. The Labute approximate surface area is 412 Å². The van der Waals surface area contributed by atoms with E-state index in [1.54, 1.807) is 12.1 Å². The fourth-order valence-electron chi connectivity index (χ4n) is 6.64. The molecule has 356 valence electrons. The van der Waals surface area contributed by atoms with Gasteiger partial charge in [0.15, 0.2) is 21.2 Å². The van der Waals surface area contributed by atoms with Crippen LogP contribution in [0.25, 0.3) is 0 Å². The highest BCUT2D eigenvalue weighted by Crippen LogP contribution is 2.31. The van der Waals surface area contributed by atoms with Crippen molar-refractivity contribution in [3.05, 3.63) is 125 Å². The van der Waals surface area contributed by atoms with E-state index in [4.69, 9.17) is 33.2 Å². The quantitative estimate of drug-likeness (QED) is 0.0208. The van der Waals surface area contributed by atoms with Gasteiger partial charge in [-0.3, -0.25) is 9.59 Å². The highest BCUT2D eigenvalue weighted by Gasteiger charge is 2.23. The van der Waals surface area contributed by atoms with Crippen molar-refractivity contribution in [2.24, 2.45) is 10.7 Å². The third-order valence-electron chi connectivity index (χ3n) is 10.2. The molecule has 0 radical (unpaired) electrons. The minimum absolute atomic E-state index is 0. The summed E-state index contributed by atoms with van der Waals surface area (Å²) in [5.74, 6) is 1.37. The number of alkyl halides is 1. The van der Waals surface area contributed by atoms with Crippen LogP contribution >= 0.6 is 61.1 Å². The number of halogens is 3. The normalized spacial score (nSPS) is 15.7. The number of aliphatic imine (C=N–C) groups is 1. The molecular weight excluding hydrogens is 986 g/mol. The molecule has 2 aliphatic rings. The molecule has 0 spiro atoms. The fourth-order valence-corrected chi connectivity index (χ4v) is 8.55. The molecular formula is C47H60BrF2N8O4PS3. The molecule has 6 N–H and O–H groups in total. The summed E-state index contributed by atoms with van der Waals surface area (Å²) in [6, 6.07) is 27.5. The van der Waals surface area contributed by atoms with Crippen molar-refractivity contribution >= 4 is 105 Å². The van der Waals surface area contributed by atoms with E-state index < -0.39 is 5.82 Å². The van der Waals surface area contributed by atoms with Crippen molar-refractivity contribution in [2.45, 2.75) is 52.1 Å². The molecule has 0 bridgehead atoms. The van der Waals surface area contributed by atoms with Gasteiger partial charge in [0, 0.05) is 34.6 Å². The molecule has 1 aromatic heterocycles. The zero-order valence-electron chi connectivity index (χ0n) is 36.6. The molecule has 66 heavy (non-hydrogen) atoms. The number of carbonyl (C=O) groups is 2. The smallest absolute Gasteiger partial charge is 0.206 e. The Kier molecular flexibility index (Phi) is 24.2. The van der Waals surface area contributed by atoms with Crippen molar-refractivity contribution in [3.8, 4) is 11.5 Å². The van der Waals surface area contributed by atoms with Crippen LogP contribution in [-0.2, 0) is 0 Å². The van der Waals surface area contributed by atoms with Crippen LogP contribution in [0.2, 0.25) is 0 Å². The van der Waals surface area contributed by atoms with Crippen LogP contribution in [0.4, 0.5) is 31.1 Å². The number of nitrogens with zero attached hydrogens (tertiary/aromatic N) is 4. The SMILES string of the molecule is C.CCSC(N)=NC(=S)Nc1ccc(OC[C@@H]2CCCN2C)cc1.CN1CCC[C@H]1COc1ccc(Nc2nc(N)c(C(=O)c3cccc(F)c3)s2)cc1.O=C(CBr)c1cccc(F)c1.P. The summed E-state index contributed by atoms with van der Waals surface area (Å²) in [6.07, 6.45) is 4.84. The number of rotatable bonds is 14. The van der Waals surface area contributed by atoms with Crippen molar-refractivity contribution in [1.82, 2.24) is 14.8 Å². The second-order valence-corrected chi connectivity index (χ2v) is 18.0. The molecule has 12 nitrogen and oxygen atoms in total. The van der Waals surface area contributed by atoms with E-state index in [-0.39, 0.29) is 56.3 Å². The molecule has 5 aromatic rings.